The van der Waals surface area contributed by atoms with Crippen LogP contribution in [-0.2, 0) is 45.3 Å². The molecule has 11 nitrogen and oxygen atoms in total. The number of fused-ring (bicyclic) bond motifs is 16. The van der Waals surface area contributed by atoms with Gasteiger partial charge in [-0.15, -0.1) is 0 Å². The summed E-state index contributed by atoms with van der Waals surface area (Å²) < 4.78 is 22.6. The normalized spacial score (nSPS) is 23.9. The molecule has 0 saturated carbocycles. The van der Waals surface area contributed by atoms with Gasteiger partial charge in [0.2, 0.25) is 0 Å². The van der Waals surface area contributed by atoms with Crippen molar-refractivity contribution in [1.82, 2.24) is 20.0 Å². The van der Waals surface area contributed by atoms with Crippen molar-refractivity contribution in [3.05, 3.63) is 211 Å². The molecule has 4 aliphatic carbocycles. The Labute approximate surface area is 518 Å². The van der Waals surface area contributed by atoms with E-state index >= 15 is 0 Å². The summed E-state index contributed by atoms with van der Waals surface area (Å²) in [4.78, 5) is 7.81. The fourth-order valence-corrected chi connectivity index (χ4v) is 17.0. The monoisotopic (exact) mass is 1220 g/mol. The van der Waals surface area contributed by atoms with Gasteiger partial charge >= 0.3 is 7.12 Å². The number of nitrogens with zero attached hydrogens (tertiary/aromatic N) is 3. The minimum absolute atomic E-state index is 0.358. The van der Waals surface area contributed by atoms with E-state index in [9.17, 15) is 15.2 Å². The van der Waals surface area contributed by atoms with E-state index in [0.29, 0.717) is 58.2 Å². The molecule has 0 radical (unpaired) electrons. The molecule has 0 spiro atoms. The first-order valence-electron chi connectivity index (χ1n) is 31.5. The van der Waals surface area contributed by atoms with Crippen molar-refractivity contribution in [2.75, 3.05) is 80.8 Å². The fraction of sp³-hybridized carbons (Fsp3) is 0.425. The Morgan fingerprint density at radius 3 is 1.42 bits per heavy atom. The summed E-state index contributed by atoms with van der Waals surface area (Å²) >= 11 is 3.77. The Kier molecular flexibility index (Phi) is 19.2. The number of ether oxygens (including phenoxy) is 4. The highest BCUT2D eigenvalue weighted by Crippen LogP contribution is 2.47. The van der Waals surface area contributed by atoms with Crippen molar-refractivity contribution in [3.63, 3.8) is 0 Å². The number of hydrogen-bond acceptors (Lipinski definition) is 11. The highest BCUT2D eigenvalue weighted by atomic mass is 79.9. The van der Waals surface area contributed by atoms with Crippen molar-refractivity contribution >= 4 is 28.5 Å². The second-order valence-electron chi connectivity index (χ2n) is 25.7. The first-order chi connectivity index (χ1) is 42.0. The van der Waals surface area contributed by atoms with Crippen LogP contribution in [0.2, 0.25) is 0 Å². The minimum Gasteiger partial charge on any atom is -0.504 e. The van der Waals surface area contributed by atoms with Gasteiger partial charge < -0.3 is 39.4 Å². The van der Waals surface area contributed by atoms with Gasteiger partial charge in [-0.1, -0.05) is 115 Å². The number of benzene rings is 7. The molecule has 4 saturated heterocycles. The number of nitrogens with one attached hydrogen (secondary N) is 1. The summed E-state index contributed by atoms with van der Waals surface area (Å²) in [7, 11) is 5.21. The lowest BCUT2D eigenvalue weighted by Gasteiger charge is -2.43. The molecule has 8 atom stereocenters. The quantitative estimate of drug-likeness (QED) is 0.0927. The molecule has 7 aromatic carbocycles. The smallest absolute Gasteiger partial charge is 0.492 e. The van der Waals surface area contributed by atoms with Crippen LogP contribution in [0.3, 0.4) is 0 Å². The van der Waals surface area contributed by atoms with Crippen molar-refractivity contribution in [3.8, 4) is 28.7 Å². The third-order valence-electron chi connectivity index (χ3n) is 19.9. The van der Waals surface area contributed by atoms with Crippen molar-refractivity contribution in [2.24, 2.45) is 23.7 Å². The Morgan fingerprint density at radius 2 is 0.895 bits per heavy atom. The second kappa shape index (κ2) is 27.5. The Hall–Kier alpha value is -6.16. The molecule has 4 aliphatic heterocycles. The van der Waals surface area contributed by atoms with Gasteiger partial charge in [0.1, 0.15) is 17.2 Å². The highest BCUT2D eigenvalue weighted by molar-refractivity contribution is 9.10. The Morgan fingerprint density at radius 1 is 0.453 bits per heavy atom. The summed E-state index contributed by atoms with van der Waals surface area (Å²) in [6.45, 7) is 12.1. The molecule has 15 rings (SSSR count). The number of piperidine rings is 4. The SMILES string of the molecule is COc1ccc2c(c1)CC1CC2CN(Cc2ccccc2)C1.COc1ccc2c(c1B(O)O)CC1CC2CN(Cc2ccccc2)C1.COc1ccc2c(c1Br)CC1CC2CN(Cc2ccccc2)C1.COc1ccc2c(c1O)CC1CNCC2C1. The number of likely N-dealkylation sites (tertiary alicyclic amines) is 3. The van der Waals surface area contributed by atoms with Gasteiger partial charge in [0.05, 0.1) is 32.9 Å². The van der Waals surface area contributed by atoms with E-state index in [1.54, 1.807) is 34.0 Å². The van der Waals surface area contributed by atoms with Gasteiger partial charge in [-0.05, 0) is 207 Å². The van der Waals surface area contributed by atoms with Crippen molar-refractivity contribution in [2.45, 2.75) is 94.7 Å². The summed E-state index contributed by atoms with van der Waals surface area (Å²) in [6, 6.07) is 51.4. The predicted molar refractivity (Wildman–Crippen MR) is 347 cm³/mol. The number of halogens is 1. The van der Waals surface area contributed by atoms with Crippen LogP contribution in [0.5, 0.6) is 28.7 Å². The third kappa shape index (κ3) is 13.6. The Balaban J connectivity index is 0.000000113. The minimum atomic E-state index is -1.48. The lowest BCUT2D eigenvalue weighted by molar-refractivity contribution is 0.138. The largest absolute Gasteiger partial charge is 0.504 e. The molecule has 450 valence electrons. The average Bonchev–Trinajstić information content (AvgIpc) is 1.72. The van der Waals surface area contributed by atoms with Gasteiger partial charge in [0.25, 0.3) is 0 Å². The van der Waals surface area contributed by atoms with Gasteiger partial charge in [-0.2, -0.15) is 0 Å². The van der Waals surface area contributed by atoms with E-state index in [4.69, 9.17) is 18.9 Å². The number of phenols is 1. The van der Waals surface area contributed by atoms with E-state index < -0.39 is 7.12 Å². The van der Waals surface area contributed by atoms with E-state index in [1.165, 1.54) is 101 Å². The molecule has 4 heterocycles. The topological polar surface area (TPSA) is 119 Å². The first-order valence-corrected chi connectivity index (χ1v) is 32.3. The van der Waals surface area contributed by atoms with Crippen LogP contribution in [0.25, 0.3) is 0 Å². The molecule has 86 heavy (non-hydrogen) atoms. The molecule has 0 amide bonds. The summed E-state index contributed by atoms with van der Waals surface area (Å²) in [5, 5.41) is 33.3. The zero-order valence-corrected chi connectivity index (χ0v) is 52.3. The maximum absolute atomic E-state index is 10.1. The lowest BCUT2D eigenvalue weighted by atomic mass is 9.66. The summed E-state index contributed by atoms with van der Waals surface area (Å²) in [5.74, 6) is 8.65. The average molecular weight is 1220 g/mol. The van der Waals surface area contributed by atoms with E-state index in [2.05, 4.69) is 169 Å². The summed E-state index contributed by atoms with van der Waals surface area (Å²) in [6.07, 6.45) is 9.35. The van der Waals surface area contributed by atoms with Crippen LogP contribution in [0.15, 0.2) is 150 Å². The lowest BCUT2D eigenvalue weighted by Crippen LogP contribution is -2.45. The van der Waals surface area contributed by atoms with E-state index in [0.717, 1.165) is 106 Å². The zero-order valence-electron chi connectivity index (χ0n) is 50.7. The first kappa shape index (κ1) is 60.1. The standard InChI is InChI=1S/C20H24BNO3.C20H22BrNO.C20H23NO.C13H17NO2/c1-25-19-8-7-17-16-9-15(10-18(17)20(19)21(23)24)12-22(13-16)11-14-5-3-2-4-6-14;1-23-19-8-7-17-16-9-15(10-18(17)20(19)21)12-22(13-16)11-14-5-3-2-4-6-14;1-22-19-7-8-20-17(11-19)9-16-10-18(20)14-21(13-16)12-15-5-3-2-4-6-15;1-16-12-3-2-10-9-4-8(6-14-7-9)5-11(10)13(12)15/h2-8,15-16,23-24H,9-13H2,1H3;2-8,15-16H,9-13H2,1H3;2-8,11,16,18H,9-10,12-14H2,1H3;2-3,8-9,14-15H,4-7H2,1H3. The number of hydrogen-bond donors (Lipinski definition) is 4. The second-order valence-corrected chi connectivity index (χ2v) is 26.5. The van der Waals surface area contributed by atoms with E-state index in [-0.39, 0.29) is 0 Å². The number of methoxy groups -OCH3 is 4. The van der Waals surface area contributed by atoms with Crippen LogP contribution in [0, 0.1) is 23.7 Å². The molecular weight excluding hydrogens is 1140 g/mol. The maximum atomic E-state index is 10.1. The number of rotatable bonds is 11. The van der Waals surface area contributed by atoms with Gasteiger partial charge in [-0.3, -0.25) is 14.7 Å². The molecule has 8 aliphatic rings. The molecule has 8 bridgehead atoms. The third-order valence-corrected chi connectivity index (χ3v) is 20.8. The molecule has 13 heteroatoms. The fourth-order valence-electron chi connectivity index (χ4n) is 16.3. The Bertz CT molecular complexity index is 3410. The summed E-state index contributed by atoms with van der Waals surface area (Å²) in [5.41, 5.74) is 15.6. The predicted octanol–water partition coefficient (Wildman–Crippen LogP) is 11.7. The van der Waals surface area contributed by atoms with Crippen molar-refractivity contribution < 1.29 is 34.1 Å². The van der Waals surface area contributed by atoms with Gasteiger partial charge in [0.15, 0.2) is 11.5 Å². The van der Waals surface area contributed by atoms with Crippen LogP contribution in [0.4, 0.5) is 0 Å². The van der Waals surface area contributed by atoms with Crippen LogP contribution < -0.4 is 29.7 Å². The molecule has 7 aromatic rings. The molecular formula is C73H86BBrN4O7. The van der Waals surface area contributed by atoms with Gasteiger partial charge in [-0.25, -0.2) is 0 Å². The van der Waals surface area contributed by atoms with Gasteiger partial charge in [0, 0.05) is 76.5 Å². The molecule has 4 N–H and O–H groups in total. The molecule has 8 unspecified atom stereocenters. The zero-order chi connectivity index (χ0) is 59.3. The van der Waals surface area contributed by atoms with Crippen molar-refractivity contribution in [1.29, 1.82) is 0 Å². The van der Waals surface area contributed by atoms with Crippen LogP contribution in [-0.4, -0.2) is 118 Å². The number of phenolic OH excluding ortho intramolecular Hbond substituents is 1. The highest BCUT2D eigenvalue weighted by Gasteiger charge is 2.40. The molecule has 4 fully saturated rings. The van der Waals surface area contributed by atoms with Crippen LogP contribution >= 0.6 is 15.9 Å². The van der Waals surface area contributed by atoms with E-state index in [1.807, 2.05) is 12.1 Å². The maximum Gasteiger partial charge on any atom is 0.492 e. The number of aromatic hydroxyl groups is 1. The molecule has 0 aromatic heterocycles. The van der Waals surface area contributed by atoms with Crippen LogP contribution in [0.1, 0.15) is 111 Å².